The van der Waals surface area contributed by atoms with Gasteiger partial charge in [0.1, 0.15) is 0 Å². The van der Waals surface area contributed by atoms with Crippen LogP contribution in [0.25, 0.3) is 5.69 Å². The van der Waals surface area contributed by atoms with Gasteiger partial charge in [-0.05, 0) is 31.9 Å². The van der Waals surface area contributed by atoms with Gasteiger partial charge in [0.15, 0.2) is 5.96 Å². The van der Waals surface area contributed by atoms with Crippen LogP contribution in [0.1, 0.15) is 25.3 Å². The van der Waals surface area contributed by atoms with Gasteiger partial charge < -0.3 is 10.6 Å². The molecule has 0 atom stereocenters. The minimum absolute atomic E-state index is 0.606. The Labute approximate surface area is 125 Å². The van der Waals surface area contributed by atoms with Crippen LogP contribution in [0.4, 0.5) is 0 Å². The van der Waals surface area contributed by atoms with Crippen LogP contribution in [0.5, 0.6) is 0 Å². The van der Waals surface area contributed by atoms with E-state index in [1.807, 2.05) is 47.4 Å². The molecule has 0 spiro atoms. The molecule has 1 fully saturated rings. The molecule has 1 saturated carbocycles. The number of guanidine groups is 1. The van der Waals surface area contributed by atoms with Gasteiger partial charge in [0, 0.05) is 24.3 Å². The van der Waals surface area contributed by atoms with Crippen molar-refractivity contribution in [1.82, 2.24) is 20.4 Å². The third-order valence-corrected chi connectivity index (χ3v) is 3.34. The summed E-state index contributed by atoms with van der Waals surface area (Å²) in [6.45, 7) is 3.59. The Morgan fingerprint density at radius 1 is 1.33 bits per heavy atom. The molecule has 0 amide bonds. The van der Waals surface area contributed by atoms with Gasteiger partial charge in [-0.1, -0.05) is 18.2 Å². The van der Waals surface area contributed by atoms with Crippen molar-refractivity contribution in [3.63, 3.8) is 0 Å². The number of hydrogen-bond donors (Lipinski definition) is 2. The highest BCUT2D eigenvalue weighted by Gasteiger charge is 2.22. The summed E-state index contributed by atoms with van der Waals surface area (Å²) in [6.07, 6.45) is 6.39. The van der Waals surface area contributed by atoms with Gasteiger partial charge in [0.25, 0.3) is 0 Å². The van der Waals surface area contributed by atoms with Crippen molar-refractivity contribution < 1.29 is 0 Å². The molecule has 1 aliphatic rings. The van der Waals surface area contributed by atoms with Gasteiger partial charge in [-0.3, -0.25) is 0 Å². The minimum Gasteiger partial charge on any atom is -0.357 e. The maximum absolute atomic E-state index is 4.61. The molecule has 1 heterocycles. The molecule has 0 radical (unpaired) electrons. The molecular weight excluding hydrogens is 262 g/mol. The van der Waals surface area contributed by atoms with Gasteiger partial charge in [-0.25, -0.2) is 9.67 Å². The highest BCUT2D eigenvalue weighted by molar-refractivity contribution is 5.80. The van der Waals surface area contributed by atoms with Crippen molar-refractivity contribution in [2.45, 2.75) is 32.4 Å². The third-order valence-electron chi connectivity index (χ3n) is 3.34. The number of benzene rings is 1. The molecule has 1 aromatic carbocycles. The summed E-state index contributed by atoms with van der Waals surface area (Å²) in [7, 11) is 0. The van der Waals surface area contributed by atoms with Crippen molar-refractivity contribution in [2.75, 3.05) is 6.54 Å². The molecule has 0 unspecified atom stereocenters. The molecule has 2 aromatic rings. The molecule has 0 saturated heterocycles. The van der Waals surface area contributed by atoms with E-state index in [-0.39, 0.29) is 0 Å². The molecule has 3 rings (SSSR count). The van der Waals surface area contributed by atoms with Crippen LogP contribution >= 0.6 is 0 Å². The Morgan fingerprint density at radius 2 is 2.14 bits per heavy atom. The Morgan fingerprint density at radius 3 is 2.86 bits per heavy atom. The van der Waals surface area contributed by atoms with Gasteiger partial charge >= 0.3 is 0 Å². The average molecular weight is 283 g/mol. The second-order valence-electron chi connectivity index (χ2n) is 5.24. The predicted octanol–water partition coefficient (Wildman–Crippen LogP) is 2.09. The van der Waals surface area contributed by atoms with Crippen molar-refractivity contribution in [2.24, 2.45) is 4.99 Å². The summed E-state index contributed by atoms with van der Waals surface area (Å²) in [5.74, 6) is 0.896. The Hall–Kier alpha value is -2.30. The summed E-state index contributed by atoms with van der Waals surface area (Å²) < 4.78 is 1.88. The monoisotopic (exact) mass is 283 g/mol. The summed E-state index contributed by atoms with van der Waals surface area (Å²) in [4.78, 5) is 4.61. The highest BCUT2D eigenvalue weighted by Crippen LogP contribution is 2.18. The van der Waals surface area contributed by atoms with Gasteiger partial charge in [-0.15, -0.1) is 0 Å². The average Bonchev–Trinajstić information content (AvgIpc) is 3.20. The number of nitrogens with one attached hydrogen (secondary N) is 2. The third kappa shape index (κ3) is 3.84. The number of aliphatic imine (C=N–C) groups is 1. The quantitative estimate of drug-likeness (QED) is 0.652. The van der Waals surface area contributed by atoms with Crippen LogP contribution in [0, 0.1) is 0 Å². The molecule has 1 aliphatic carbocycles. The first-order valence-electron chi connectivity index (χ1n) is 7.49. The number of rotatable bonds is 5. The van der Waals surface area contributed by atoms with Crippen LogP contribution in [0.2, 0.25) is 0 Å². The smallest absolute Gasteiger partial charge is 0.191 e. The van der Waals surface area contributed by atoms with Gasteiger partial charge in [0.05, 0.1) is 18.4 Å². The van der Waals surface area contributed by atoms with E-state index in [0.717, 1.165) is 23.8 Å². The van der Waals surface area contributed by atoms with E-state index in [1.54, 1.807) is 0 Å². The first kappa shape index (κ1) is 13.7. The highest BCUT2D eigenvalue weighted by atomic mass is 15.3. The lowest BCUT2D eigenvalue weighted by Crippen LogP contribution is -2.38. The maximum Gasteiger partial charge on any atom is 0.191 e. The summed E-state index contributed by atoms with van der Waals surface area (Å²) in [6, 6.07) is 10.7. The molecule has 110 valence electrons. The predicted molar refractivity (Wildman–Crippen MR) is 84.5 cm³/mol. The first-order valence-corrected chi connectivity index (χ1v) is 7.49. The zero-order valence-electron chi connectivity index (χ0n) is 12.3. The van der Waals surface area contributed by atoms with Crippen molar-refractivity contribution in [3.05, 3.63) is 48.3 Å². The van der Waals surface area contributed by atoms with E-state index >= 15 is 0 Å². The van der Waals surface area contributed by atoms with Crippen LogP contribution in [-0.2, 0) is 6.54 Å². The van der Waals surface area contributed by atoms with E-state index in [2.05, 4.69) is 27.6 Å². The number of para-hydroxylation sites is 1. The van der Waals surface area contributed by atoms with Crippen LogP contribution in [0.15, 0.2) is 47.7 Å². The van der Waals surface area contributed by atoms with Crippen LogP contribution in [0.3, 0.4) is 0 Å². The van der Waals surface area contributed by atoms with E-state index in [1.165, 1.54) is 12.8 Å². The van der Waals surface area contributed by atoms with E-state index in [0.29, 0.717) is 12.6 Å². The summed E-state index contributed by atoms with van der Waals surface area (Å²) in [5.41, 5.74) is 2.17. The zero-order chi connectivity index (χ0) is 14.5. The number of aromatic nitrogens is 2. The Bertz CT molecular complexity index is 598. The zero-order valence-corrected chi connectivity index (χ0v) is 12.3. The first-order chi connectivity index (χ1) is 10.3. The van der Waals surface area contributed by atoms with E-state index < -0.39 is 0 Å². The lowest BCUT2D eigenvalue weighted by Gasteiger charge is -2.09. The number of hydrogen-bond acceptors (Lipinski definition) is 2. The van der Waals surface area contributed by atoms with Crippen molar-refractivity contribution in [3.8, 4) is 5.69 Å². The maximum atomic E-state index is 4.61. The van der Waals surface area contributed by atoms with Crippen molar-refractivity contribution in [1.29, 1.82) is 0 Å². The van der Waals surface area contributed by atoms with Crippen molar-refractivity contribution >= 4 is 5.96 Å². The Balaban J connectivity index is 1.65. The molecule has 2 N–H and O–H groups in total. The normalized spacial score (nSPS) is 15.0. The lowest BCUT2D eigenvalue weighted by molar-refractivity contribution is 0.812. The Kier molecular flexibility index (Phi) is 4.19. The number of nitrogens with zero attached hydrogens (tertiary/aromatic N) is 3. The molecule has 0 bridgehead atoms. The van der Waals surface area contributed by atoms with Gasteiger partial charge in [-0.2, -0.15) is 5.10 Å². The second-order valence-corrected chi connectivity index (χ2v) is 5.24. The fourth-order valence-corrected chi connectivity index (χ4v) is 2.08. The topological polar surface area (TPSA) is 54.2 Å². The molecule has 0 aliphatic heterocycles. The SMILES string of the molecule is CCNC(=NCc1cnn(-c2ccccc2)c1)NC1CC1. The standard InChI is InChI=1S/C16H21N5/c1-2-17-16(20-14-8-9-14)18-10-13-11-19-21(12-13)15-6-4-3-5-7-15/h3-7,11-12,14H,2,8-10H2,1H3,(H2,17,18,20). The molecule has 1 aromatic heterocycles. The molecule has 5 nitrogen and oxygen atoms in total. The molecular formula is C16H21N5. The second kappa shape index (κ2) is 6.43. The minimum atomic E-state index is 0.606. The largest absolute Gasteiger partial charge is 0.357 e. The van der Waals surface area contributed by atoms with E-state index in [9.17, 15) is 0 Å². The molecule has 21 heavy (non-hydrogen) atoms. The van der Waals surface area contributed by atoms with Gasteiger partial charge in [0.2, 0.25) is 0 Å². The fourth-order valence-electron chi connectivity index (χ4n) is 2.08. The fraction of sp³-hybridized carbons (Fsp3) is 0.375. The lowest BCUT2D eigenvalue weighted by atomic mass is 10.3. The molecule has 5 heteroatoms. The summed E-state index contributed by atoms with van der Waals surface area (Å²) in [5, 5.41) is 11.1. The van der Waals surface area contributed by atoms with Crippen LogP contribution in [-0.4, -0.2) is 28.3 Å². The van der Waals surface area contributed by atoms with Crippen LogP contribution < -0.4 is 10.6 Å². The summed E-state index contributed by atoms with van der Waals surface area (Å²) >= 11 is 0. The van der Waals surface area contributed by atoms with E-state index in [4.69, 9.17) is 0 Å².